The molecule has 0 saturated carbocycles. The van der Waals surface area contributed by atoms with Crippen LogP contribution in [0.25, 0.3) is 0 Å². The molecule has 1 aromatic heterocycles. The molecule has 29 heavy (non-hydrogen) atoms. The van der Waals surface area contributed by atoms with E-state index in [9.17, 15) is 21.6 Å². The molecule has 3 rings (SSSR count). The number of sulfone groups is 1. The second kappa shape index (κ2) is 8.37. The first-order chi connectivity index (χ1) is 13.6. The Balaban J connectivity index is 1.81. The van der Waals surface area contributed by atoms with Gasteiger partial charge in [-0.2, -0.15) is 4.31 Å². The number of likely N-dealkylation sites (tertiary alicyclic amines) is 1. The summed E-state index contributed by atoms with van der Waals surface area (Å²) < 4.78 is 52.7. The van der Waals surface area contributed by atoms with Gasteiger partial charge in [-0.1, -0.05) is 13.8 Å². The molecule has 2 saturated heterocycles. The standard InChI is InChI=1S/C18H30N4O5S2/c1-4-22(5-2)29(26,27)14-10-16(20(3)11-14)18(23)19-15-12-28(24,25)13-17(15)21-8-6-7-9-21/h10-11,15,17H,4-9,12-13H2,1-3H3,(H,19,23). The maximum atomic E-state index is 12.9. The minimum absolute atomic E-state index is 0.0483. The minimum atomic E-state index is -3.68. The van der Waals surface area contributed by atoms with Crippen molar-refractivity contribution in [3.63, 3.8) is 0 Å². The molecule has 1 amide bonds. The normalized spacial score (nSPS) is 25.0. The van der Waals surface area contributed by atoms with Gasteiger partial charge in [0.1, 0.15) is 10.6 Å². The summed E-state index contributed by atoms with van der Waals surface area (Å²) in [5.41, 5.74) is 0.195. The topological polar surface area (TPSA) is 109 Å². The molecule has 2 unspecified atom stereocenters. The quantitative estimate of drug-likeness (QED) is 0.634. The highest BCUT2D eigenvalue weighted by molar-refractivity contribution is 7.91. The van der Waals surface area contributed by atoms with E-state index in [1.807, 2.05) is 0 Å². The predicted octanol–water partition coefficient (Wildman–Crippen LogP) is 0.0468. The number of carbonyl (C=O) groups is 1. The lowest BCUT2D eigenvalue weighted by molar-refractivity contribution is 0.0910. The average molecular weight is 447 g/mol. The molecule has 2 atom stereocenters. The highest BCUT2D eigenvalue weighted by Crippen LogP contribution is 2.24. The van der Waals surface area contributed by atoms with Crippen LogP contribution in [0.3, 0.4) is 0 Å². The van der Waals surface area contributed by atoms with Gasteiger partial charge in [0, 0.05) is 32.4 Å². The molecule has 2 aliphatic heterocycles. The van der Waals surface area contributed by atoms with Crippen LogP contribution < -0.4 is 5.32 Å². The maximum absolute atomic E-state index is 12.9. The molecule has 11 heteroatoms. The third-order valence-corrected chi connectivity index (χ3v) is 9.54. The van der Waals surface area contributed by atoms with Gasteiger partial charge >= 0.3 is 0 Å². The Kier molecular flexibility index (Phi) is 6.42. The van der Waals surface area contributed by atoms with Crippen molar-refractivity contribution in [2.75, 3.05) is 37.7 Å². The molecular weight excluding hydrogens is 416 g/mol. The molecule has 164 valence electrons. The van der Waals surface area contributed by atoms with E-state index in [0.29, 0.717) is 13.1 Å². The fourth-order valence-corrected chi connectivity index (χ4v) is 7.74. The van der Waals surface area contributed by atoms with Crippen LogP contribution in [0, 0.1) is 0 Å². The molecule has 9 nitrogen and oxygen atoms in total. The van der Waals surface area contributed by atoms with E-state index in [1.54, 1.807) is 20.9 Å². The van der Waals surface area contributed by atoms with Crippen LogP contribution in [0.15, 0.2) is 17.2 Å². The van der Waals surface area contributed by atoms with E-state index in [4.69, 9.17) is 0 Å². The minimum Gasteiger partial charge on any atom is -0.345 e. The van der Waals surface area contributed by atoms with Crippen LogP contribution in [0.1, 0.15) is 37.2 Å². The number of sulfonamides is 1. The average Bonchev–Trinajstić information content (AvgIpc) is 3.34. The molecule has 0 radical (unpaired) electrons. The van der Waals surface area contributed by atoms with Gasteiger partial charge in [-0.25, -0.2) is 16.8 Å². The Hall–Kier alpha value is -1.43. The summed E-state index contributed by atoms with van der Waals surface area (Å²) in [6, 6.07) is 0.631. The summed E-state index contributed by atoms with van der Waals surface area (Å²) in [5, 5.41) is 2.85. The number of nitrogens with zero attached hydrogens (tertiary/aromatic N) is 3. The van der Waals surface area contributed by atoms with Crippen LogP contribution in [0.2, 0.25) is 0 Å². The van der Waals surface area contributed by atoms with E-state index in [2.05, 4.69) is 10.2 Å². The lowest BCUT2D eigenvalue weighted by Crippen LogP contribution is -2.50. The fraction of sp³-hybridized carbons (Fsp3) is 0.722. The number of amides is 1. The summed E-state index contributed by atoms with van der Waals surface area (Å²) in [7, 11) is -5.29. The number of nitrogens with one attached hydrogen (secondary N) is 1. The molecule has 0 aromatic carbocycles. The van der Waals surface area contributed by atoms with E-state index in [-0.39, 0.29) is 28.1 Å². The molecule has 1 N–H and O–H groups in total. The van der Waals surface area contributed by atoms with E-state index in [1.165, 1.54) is 21.1 Å². The van der Waals surface area contributed by atoms with Gasteiger partial charge < -0.3 is 9.88 Å². The molecule has 1 aromatic rings. The van der Waals surface area contributed by atoms with Crippen molar-refractivity contribution in [3.05, 3.63) is 18.0 Å². The van der Waals surface area contributed by atoms with Gasteiger partial charge in [0.05, 0.1) is 17.5 Å². The number of hydrogen-bond acceptors (Lipinski definition) is 6. The van der Waals surface area contributed by atoms with Gasteiger partial charge in [-0.05, 0) is 32.0 Å². The van der Waals surface area contributed by atoms with E-state index in [0.717, 1.165) is 25.9 Å². The Morgan fingerprint density at radius 1 is 1.21 bits per heavy atom. The van der Waals surface area contributed by atoms with E-state index < -0.39 is 31.8 Å². The lowest BCUT2D eigenvalue weighted by atomic mass is 10.1. The van der Waals surface area contributed by atoms with E-state index >= 15 is 0 Å². The van der Waals surface area contributed by atoms with Crippen molar-refractivity contribution in [1.29, 1.82) is 0 Å². The lowest BCUT2D eigenvalue weighted by Gasteiger charge is -2.28. The zero-order valence-electron chi connectivity index (χ0n) is 17.2. The molecule has 0 spiro atoms. The SMILES string of the molecule is CCN(CC)S(=O)(=O)c1cc(C(=O)NC2CS(=O)(=O)CC2N2CCCC2)n(C)c1. The van der Waals surface area contributed by atoms with Crippen LogP contribution in [0.4, 0.5) is 0 Å². The number of hydrogen-bond donors (Lipinski definition) is 1. The molecule has 0 aliphatic carbocycles. The zero-order valence-corrected chi connectivity index (χ0v) is 18.8. The van der Waals surface area contributed by atoms with Gasteiger partial charge in [0.15, 0.2) is 9.84 Å². The first-order valence-corrected chi connectivity index (χ1v) is 13.3. The number of carbonyl (C=O) groups excluding carboxylic acids is 1. The largest absolute Gasteiger partial charge is 0.345 e. The van der Waals surface area contributed by atoms with Crippen molar-refractivity contribution < 1.29 is 21.6 Å². The summed E-state index contributed by atoms with van der Waals surface area (Å²) in [4.78, 5) is 15.1. The third kappa shape index (κ3) is 4.52. The first kappa shape index (κ1) is 22.3. The zero-order chi connectivity index (χ0) is 21.4. The molecular formula is C18H30N4O5S2. The number of aryl methyl sites for hydroxylation is 1. The fourth-order valence-electron chi connectivity index (χ4n) is 4.26. The van der Waals surface area contributed by atoms with Crippen LogP contribution >= 0.6 is 0 Å². The summed E-state index contributed by atoms with van der Waals surface area (Å²) in [6.45, 7) is 5.87. The second-order valence-electron chi connectivity index (χ2n) is 7.73. The monoisotopic (exact) mass is 446 g/mol. The van der Waals surface area contributed by atoms with Gasteiger partial charge in [-0.15, -0.1) is 0 Å². The van der Waals surface area contributed by atoms with Gasteiger partial charge in [0.25, 0.3) is 5.91 Å². The molecule has 2 fully saturated rings. The highest BCUT2D eigenvalue weighted by atomic mass is 32.2. The van der Waals surface area contributed by atoms with Crippen molar-refractivity contribution in [2.45, 2.75) is 43.7 Å². The Bertz CT molecular complexity index is 960. The molecule has 2 aliphatic rings. The summed E-state index contributed by atoms with van der Waals surface area (Å²) in [6.07, 6.45) is 3.48. The first-order valence-electron chi connectivity index (χ1n) is 10.0. The Morgan fingerprint density at radius 2 is 1.83 bits per heavy atom. The van der Waals surface area contributed by atoms with Crippen LogP contribution in [-0.2, 0) is 26.9 Å². The maximum Gasteiger partial charge on any atom is 0.268 e. The smallest absolute Gasteiger partial charge is 0.268 e. The van der Waals surface area contributed by atoms with Crippen molar-refractivity contribution in [1.82, 2.24) is 19.1 Å². The van der Waals surface area contributed by atoms with Gasteiger partial charge in [-0.3, -0.25) is 9.69 Å². The Morgan fingerprint density at radius 3 is 2.41 bits per heavy atom. The highest BCUT2D eigenvalue weighted by Gasteiger charge is 2.42. The van der Waals surface area contributed by atoms with Crippen molar-refractivity contribution in [2.24, 2.45) is 7.05 Å². The number of aromatic nitrogens is 1. The molecule has 0 bridgehead atoms. The summed E-state index contributed by atoms with van der Waals surface area (Å²) in [5.74, 6) is -0.499. The molecule has 3 heterocycles. The van der Waals surface area contributed by atoms with Crippen molar-refractivity contribution in [3.8, 4) is 0 Å². The Labute approximate surface area is 173 Å². The second-order valence-corrected chi connectivity index (χ2v) is 11.8. The third-order valence-electron chi connectivity index (χ3n) is 5.80. The number of rotatable bonds is 7. The van der Waals surface area contributed by atoms with Crippen LogP contribution in [0.5, 0.6) is 0 Å². The van der Waals surface area contributed by atoms with Crippen LogP contribution in [-0.4, -0.2) is 86.3 Å². The van der Waals surface area contributed by atoms with Gasteiger partial charge in [0.2, 0.25) is 10.0 Å². The predicted molar refractivity (Wildman–Crippen MR) is 110 cm³/mol. The summed E-state index contributed by atoms with van der Waals surface area (Å²) >= 11 is 0. The van der Waals surface area contributed by atoms with Crippen molar-refractivity contribution >= 4 is 25.8 Å².